The van der Waals surface area contributed by atoms with Crippen LogP contribution in [-0.4, -0.2) is 18.5 Å². The molecule has 1 aliphatic rings. The summed E-state index contributed by atoms with van der Waals surface area (Å²) in [6.07, 6.45) is -9.12. The van der Waals surface area contributed by atoms with Crippen molar-refractivity contribution in [3.8, 4) is 5.75 Å². The number of esters is 1. The van der Waals surface area contributed by atoms with Crippen LogP contribution in [-0.2, 0) is 16.1 Å². The highest BCUT2D eigenvalue weighted by Crippen LogP contribution is 2.60. The van der Waals surface area contributed by atoms with Crippen LogP contribution in [0.25, 0.3) is 0 Å². The summed E-state index contributed by atoms with van der Waals surface area (Å²) in [4.78, 5) is 12.2. The Morgan fingerprint density at radius 2 is 1.79 bits per heavy atom. The van der Waals surface area contributed by atoms with Gasteiger partial charge in [-0.1, -0.05) is 43.1 Å². The van der Waals surface area contributed by atoms with Crippen LogP contribution in [0.1, 0.15) is 19.4 Å². The minimum absolute atomic E-state index is 0.496. The molecule has 0 N–H and O–H groups in total. The molecule has 1 aliphatic carbocycles. The van der Waals surface area contributed by atoms with Crippen LogP contribution in [0.3, 0.4) is 0 Å². The van der Waals surface area contributed by atoms with E-state index in [-0.39, 0.29) is 0 Å². The van der Waals surface area contributed by atoms with Gasteiger partial charge in [-0.15, -0.1) is 13.2 Å². The second-order valence-electron chi connectivity index (χ2n) is 6.87. The molecule has 0 aromatic heterocycles. The lowest BCUT2D eigenvalue weighted by atomic mass is 10.1. The summed E-state index contributed by atoms with van der Waals surface area (Å²) in [5.41, 5.74) is -1.40. The van der Waals surface area contributed by atoms with Crippen molar-refractivity contribution in [2.45, 2.75) is 33.0 Å². The third-order valence-corrected chi connectivity index (χ3v) is 5.06. The maximum Gasteiger partial charge on any atom is 0.573 e. The van der Waals surface area contributed by atoms with Gasteiger partial charge in [-0.25, -0.2) is 4.39 Å². The molecule has 2 atom stereocenters. The van der Waals surface area contributed by atoms with Crippen LogP contribution < -0.4 is 4.74 Å². The van der Waals surface area contributed by atoms with Crippen molar-refractivity contribution in [3.05, 3.63) is 39.6 Å². The molecule has 2 unspecified atom stereocenters. The molecule has 162 valence electrons. The molecule has 1 aromatic carbocycles. The Balaban J connectivity index is 2.11. The summed E-state index contributed by atoms with van der Waals surface area (Å²) in [6.45, 7) is 2.22. The zero-order valence-corrected chi connectivity index (χ0v) is 16.2. The molecule has 0 saturated heterocycles. The van der Waals surface area contributed by atoms with Crippen molar-refractivity contribution >= 4 is 29.2 Å². The van der Waals surface area contributed by atoms with Crippen molar-refractivity contribution in [2.75, 3.05) is 0 Å². The van der Waals surface area contributed by atoms with E-state index >= 15 is 0 Å². The van der Waals surface area contributed by atoms with Gasteiger partial charge in [-0.05, 0) is 17.4 Å². The first-order valence-electron chi connectivity index (χ1n) is 7.89. The van der Waals surface area contributed by atoms with Gasteiger partial charge in [-0.2, -0.15) is 13.2 Å². The topological polar surface area (TPSA) is 35.5 Å². The van der Waals surface area contributed by atoms with Gasteiger partial charge in [0.2, 0.25) is 0 Å². The van der Waals surface area contributed by atoms with E-state index in [4.69, 9.17) is 27.9 Å². The number of hydrogen-bond acceptors (Lipinski definition) is 3. The van der Waals surface area contributed by atoms with Crippen LogP contribution in [0.15, 0.2) is 23.2 Å². The number of carbonyl (C=O) groups excluding carboxylic acids is 1. The average Bonchev–Trinajstić information content (AvgIpc) is 3.07. The summed E-state index contributed by atoms with van der Waals surface area (Å²) in [5.74, 6) is -4.77. The Kier molecular flexibility index (Phi) is 6.40. The molecule has 1 aromatic rings. The Hall–Kier alpha value is -1.68. The lowest BCUT2D eigenvalue weighted by Gasteiger charge is -2.12. The van der Waals surface area contributed by atoms with Gasteiger partial charge in [0.1, 0.15) is 23.2 Å². The zero-order valence-electron chi connectivity index (χ0n) is 14.7. The number of alkyl halides is 6. The molecule has 1 saturated carbocycles. The van der Waals surface area contributed by atoms with E-state index in [1.54, 1.807) is 0 Å². The molecule has 0 bridgehead atoms. The van der Waals surface area contributed by atoms with E-state index in [0.29, 0.717) is 18.2 Å². The van der Waals surface area contributed by atoms with E-state index in [9.17, 15) is 35.5 Å². The minimum atomic E-state index is -5.05. The molecule has 0 aliphatic heterocycles. The zero-order chi connectivity index (χ0) is 22.4. The largest absolute Gasteiger partial charge is 0.573 e. The third-order valence-electron chi connectivity index (χ3n) is 4.44. The second-order valence-corrected chi connectivity index (χ2v) is 7.69. The number of allylic oxidation sites excluding steroid dienone is 2. The van der Waals surface area contributed by atoms with E-state index in [2.05, 4.69) is 4.74 Å². The minimum Gasteiger partial charge on any atom is -0.460 e. The molecule has 3 nitrogen and oxygen atoms in total. The van der Waals surface area contributed by atoms with Crippen molar-refractivity contribution in [2.24, 2.45) is 17.3 Å². The third kappa shape index (κ3) is 5.69. The van der Waals surface area contributed by atoms with Gasteiger partial charge < -0.3 is 9.47 Å². The lowest BCUT2D eigenvalue weighted by Crippen LogP contribution is -2.17. The molecule has 0 heterocycles. The quantitative estimate of drug-likeness (QED) is 0.371. The fraction of sp³-hybridized carbons (Fsp3) is 0.471. The number of rotatable bonds is 5. The molecule has 12 heteroatoms. The summed E-state index contributed by atoms with van der Waals surface area (Å²) in [5, 5.41) is -2.08. The van der Waals surface area contributed by atoms with E-state index in [1.807, 2.05) is 0 Å². The molecule has 2 rings (SSSR count). The smallest absolute Gasteiger partial charge is 0.460 e. The van der Waals surface area contributed by atoms with Gasteiger partial charge in [0.25, 0.3) is 0 Å². The number of ether oxygens (including phenoxy) is 2. The summed E-state index contributed by atoms with van der Waals surface area (Å²) in [6, 6.07) is 1.25. The van der Waals surface area contributed by atoms with Gasteiger partial charge >= 0.3 is 18.5 Å². The first-order chi connectivity index (χ1) is 13.0. The van der Waals surface area contributed by atoms with Crippen LogP contribution in [0.4, 0.5) is 30.7 Å². The molecule has 29 heavy (non-hydrogen) atoms. The molecule has 1 fully saturated rings. The molecule has 0 amide bonds. The molecule has 0 radical (unpaired) electrons. The molecule has 0 spiro atoms. The highest BCUT2D eigenvalue weighted by Gasteiger charge is 2.62. The van der Waals surface area contributed by atoms with Crippen molar-refractivity contribution in [1.29, 1.82) is 0 Å². The van der Waals surface area contributed by atoms with E-state index in [1.165, 1.54) is 13.8 Å². The number of hydrogen-bond donors (Lipinski definition) is 0. The SMILES string of the molecule is CC1(C)C(C=C(Cl)C(F)(F)F)C1C(=O)OCc1cc(OC(F)(F)F)cc(Cl)c1F. The summed E-state index contributed by atoms with van der Waals surface area (Å²) < 4.78 is 97.1. The predicted molar refractivity (Wildman–Crippen MR) is 88.6 cm³/mol. The van der Waals surface area contributed by atoms with Crippen LogP contribution in [0.2, 0.25) is 5.02 Å². The van der Waals surface area contributed by atoms with Crippen molar-refractivity contribution < 1.29 is 45.0 Å². The van der Waals surface area contributed by atoms with Gasteiger partial charge in [0.15, 0.2) is 0 Å². The monoisotopic (exact) mass is 468 g/mol. The molecular weight excluding hydrogens is 456 g/mol. The first kappa shape index (κ1) is 23.6. The maximum absolute atomic E-state index is 14.0. The fourth-order valence-corrected chi connectivity index (χ4v) is 3.21. The van der Waals surface area contributed by atoms with Crippen LogP contribution in [0, 0.1) is 23.1 Å². The highest BCUT2D eigenvalue weighted by atomic mass is 35.5. The van der Waals surface area contributed by atoms with Crippen LogP contribution >= 0.6 is 23.2 Å². The van der Waals surface area contributed by atoms with Gasteiger partial charge in [-0.3, -0.25) is 4.79 Å². The van der Waals surface area contributed by atoms with Crippen molar-refractivity contribution in [1.82, 2.24) is 0 Å². The highest BCUT2D eigenvalue weighted by molar-refractivity contribution is 6.31. The average molecular weight is 469 g/mol. The number of benzene rings is 1. The standard InChI is InChI=1S/C17H13Cl2F7O3/c1-15(2)9(5-11(19)16(21,22)23)12(15)14(27)28-6-7-3-8(29-17(24,25)26)4-10(18)13(7)20/h3-5,9,12H,6H2,1-2H3. The Bertz CT molecular complexity index is 832. The fourth-order valence-electron chi connectivity index (χ4n) is 2.85. The van der Waals surface area contributed by atoms with Crippen molar-refractivity contribution in [3.63, 3.8) is 0 Å². The Labute approximate surface area is 170 Å². The summed E-state index contributed by atoms with van der Waals surface area (Å²) >= 11 is 10.7. The lowest BCUT2D eigenvalue weighted by molar-refractivity contribution is -0.274. The van der Waals surface area contributed by atoms with Gasteiger partial charge in [0.05, 0.1) is 10.9 Å². The van der Waals surface area contributed by atoms with E-state index in [0.717, 1.165) is 0 Å². The first-order valence-corrected chi connectivity index (χ1v) is 8.64. The Morgan fingerprint density at radius 1 is 1.21 bits per heavy atom. The van der Waals surface area contributed by atoms with E-state index < -0.39 is 69.6 Å². The molecular formula is C17H13Cl2F7O3. The second kappa shape index (κ2) is 7.86. The normalized spacial score (nSPS) is 21.7. The number of halogens is 9. The van der Waals surface area contributed by atoms with Gasteiger partial charge in [0, 0.05) is 11.6 Å². The predicted octanol–water partition coefficient (Wildman–Crippen LogP) is 6.38. The van der Waals surface area contributed by atoms with Crippen LogP contribution in [0.5, 0.6) is 5.75 Å². The number of carbonyl (C=O) groups is 1. The summed E-state index contributed by atoms with van der Waals surface area (Å²) in [7, 11) is 0. The maximum atomic E-state index is 14.0. The Morgan fingerprint density at radius 3 is 2.31 bits per heavy atom.